The number of hydrogen-bond acceptors (Lipinski definition) is 9. The van der Waals surface area contributed by atoms with Crippen LogP contribution in [0.2, 0.25) is 0 Å². The van der Waals surface area contributed by atoms with Gasteiger partial charge in [0, 0.05) is 25.2 Å². The molecule has 0 radical (unpaired) electrons. The number of nitro groups is 1. The van der Waals surface area contributed by atoms with E-state index in [1.807, 2.05) is 0 Å². The van der Waals surface area contributed by atoms with Gasteiger partial charge in [-0.15, -0.1) is 0 Å². The number of hydrogen-bond donors (Lipinski definition) is 0. The van der Waals surface area contributed by atoms with Crippen LogP contribution >= 0.6 is 0 Å². The molecule has 0 aliphatic carbocycles. The largest absolute Gasteiger partial charge is 0.514 e. The second kappa shape index (κ2) is 10.9. The summed E-state index contributed by atoms with van der Waals surface area (Å²) in [6.45, 7) is 1.02. The molecule has 1 unspecified atom stereocenters. The molecule has 33 heavy (non-hydrogen) atoms. The highest BCUT2D eigenvalue weighted by Gasteiger charge is 2.34. The number of nitro benzene ring substituents is 1. The Hall–Kier alpha value is -3.51. The maximum atomic E-state index is 12.9. The first-order valence-electron chi connectivity index (χ1n) is 9.97. The predicted octanol–water partition coefficient (Wildman–Crippen LogP) is 1.95. The van der Waals surface area contributed by atoms with Gasteiger partial charge in [0.05, 0.1) is 29.6 Å². The highest BCUT2D eigenvalue weighted by atomic mass is 32.2. The van der Waals surface area contributed by atoms with E-state index >= 15 is 0 Å². The molecule has 3 rings (SSSR count). The molecule has 0 N–H and O–H groups in total. The van der Waals surface area contributed by atoms with E-state index in [2.05, 4.69) is 0 Å². The van der Waals surface area contributed by atoms with Crippen molar-refractivity contribution in [1.29, 1.82) is 0 Å². The smallest absolute Gasteiger partial charge is 0.419 e. The van der Waals surface area contributed by atoms with Crippen molar-refractivity contribution in [2.75, 3.05) is 32.1 Å². The highest BCUT2D eigenvalue weighted by Crippen LogP contribution is 2.19. The number of carbonyl (C=O) groups excluding carboxylic acids is 2. The molecule has 1 saturated heterocycles. The number of nitrogens with zero attached hydrogens (tertiary/aromatic N) is 2. The van der Waals surface area contributed by atoms with Crippen molar-refractivity contribution < 1.29 is 37.1 Å². The Morgan fingerprint density at radius 1 is 1.06 bits per heavy atom. The van der Waals surface area contributed by atoms with Crippen LogP contribution in [-0.2, 0) is 29.9 Å². The SMILES string of the molecule is O=C(Oc1ccc([N+](=O)[O-])cc1)OC(CS(=O)(=O)Cc1ccccc1)C(=O)N1CCOCC1. The van der Waals surface area contributed by atoms with Gasteiger partial charge in [0.15, 0.2) is 15.9 Å². The molecule has 1 fully saturated rings. The van der Waals surface area contributed by atoms with Gasteiger partial charge in [-0.25, -0.2) is 13.2 Å². The summed E-state index contributed by atoms with van der Waals surface area (Å²) >= 11 is 0. The molecule has 0 spiro atoms. The Kier molecular flexibility index (Phi) is 7.96. The normalized spacial score (nSPS) is 14.8. The summed E-state index contributed by atoms with van der Waals surface area (Å²) in [6.07, 6.45) is -2.92. The molecular formula is C21H22N2O9S. The average Bonchev–Trinajstić information content (AvgIpc) is 2.79. The van der Waals surface area contributed by atoms with Crippen LogP contribution in [0.4, 0.5) is 10.5 Å². The Balaban J connectivity index is 1.72. The lowest BCUT2D eigenvalue weighted by molar-refractivity contribution is -0.384. The number of carbonyl (C=O) groups is 2. The van der Waals surface area contributed by atoms with E-state index in [1.165, 1.54) is 17.0 Å². The van der Waals surface area contributed by atoms with Gasteiger partial charge in [0.2, 0.25) is 0 Å². The number of ether oxygens (including phenoxy) is 3. The Morgan fingerprint density at radius 3 is 2.30 bits per heavy atom. The minimum atomic E-state index is -3.84. The van der Waals surface area contributed by atoms with Crippen molar-refractivity contribution in [2.24, 2.45) is 0 Å². The van der Waals surface area contributed by atoms with Crippen molar-refractivity contribution >= 4 is 27.6 Å². The molecular weight excluding hydrogens is 456 g/mol. The minimum absolute atomic E-state index is 0.0599. The van der Waals surface area contributed by atoms with E-state index in [1.54, 1.807) is 30.3 Å². The maximum absolute atomic E-state index is 12.9. The van der Waals surface area contributed by atoms with Crippen molar-refractivity contribution in [3.05, 3.63) is 70.3 Å². The fraction of sp³-hybridized carbons (Fsp3) is 0.333. The summed E-state index contributed by atoms with van der Waals surface area (Å²) in [5.41, 5.74) is 0.326. The molecule has 1 aliphatic heterocycles. The van der Waals surface area contributed by atoms with Gasteiger partial charge in [-0.3, -0.25) is 14.9 Å². The molecule has 2 aromatic rings. The van der Waals surface area contributed by atoms with Gasteiger partial charge >= 0.3 is 6.16 Å². The minimum Gasteiger partial charge on any atom is -0.419 e. The summed E-state index contributed by atoms with van der Waals surface area (Å²) in [6, 6.07) is 13.0. The van der Waals surface area contributed by atoms with Crippen molar-refractivity contribution in [2.45, 2.75) is 11.9 Å². The third kappa shape index (κ3) is 7.26. The van der Waals surface area contributed by atoms with Crippen molar-refractivity contribution in [3.63, 3.8) is 0 Å². The first-order valence-corrected chi connectivity index (χ1v) is 11.8. The summed E-state index contributed by atoms with van der Waals surface area (Å²) in [5.74, 6) is -1.79. The molecule has 1 atom stereocenters. The number of benzene rings is 2. The van der Waals surface area contributed by atoms with E-state index in [4.69, 9.17) is 14.2 Å². The molecule has 12 heteroatoms. The van der Waals surface area contributed by atoms with Crippen LogP contribution in [0.25, 0.3) is 0 Å². The molecule has 11 nitrogen and oxygen atoms in total. The predicted molar refractivity (Wildman–Crippen MR) is 115 cm³/mol. The second-order valence-corrected chi connectivity index (χ2v) is 9.30. The summed E-state index contributed by atoms with van der Waals surface area (Å²) in [7, 11) is -3.84. The summed E-state index contributed by atoms with van der Waals surface area (Å²) in [4.78, 5) is 36.7. The average molecular weight is 478 g/mol. The van der Waals surface area contributed by atoms with Gasteiger partial charge in [-0.05, 0) is 17.7 Å². The molecule has 1 heterocycles. The van der Waals surface area contributed by atoms with Gasteiger partial charge in [-0.1, -0.05) is 30.3 Å². The van der Waals surface area contributed by atoms with Crippen molar-refractivity contribution in [3.8, 4) is 5.75 Å². The third-order valence-corrected chi connectivity index (χ3v) is 6.30. The Morgan fingerprint density at radius 2 is 1.70 bits per heavy atom. The lowest BCUT2D eigenvalue weighted by Crippen LogP contribution is -2.49. The van der Waals surface area contributed by atoms with Crippen LogP contribution in [0.1, 0.15) is 5.56 Å². The maximum Gasteiger partial charge on any atom is 0.514 e. The first-order chi connectivity index (χ1) is 15.7. The van der Waals surface area contributed by atoms with Crippen LogP contribution < -0.4 is 4.74 Å². The molecule has 2 aromatic carbocycles. The van der Waals surface area contributed by atoms with Crippen LogP contribution in [-0.4, -0.2) is 68.5 Å². The topological polar surface area (TPSA) is 142 Å². The molecule has 176 valence electrons. The zero-order valence-electron chi connectivity index (χ0n) is 17.5. The third-order valence-electron chi connectivity index (χ3n) is 4.72. The monoisotopic (exact) mass is 478 g/mol. The zero-order valence-corrected chi connectivity index (χ0v) is 18.3. The van der Waals surface area contributed by atoms with Crippen molar-refractivity contribution in [1.82, 2.24) is 4.90 Å². The number of non-ortho nitro benzene ring substituents is 1. The highest BCUT2D eigenvalue weighted by molar-refractivity contribution is 7.90. The van der Waals surface area contributed by atoms with Gasteiger partial charge < -0.3 is 19.1 Å². The fourth-order valence-corrected chi connectivity index (χ4v) is 4.62. The molecule has 1 amide bonds. The number of rotatable bonds is 8. The van der Waals surface area contributed by atoms with Gasteiger partial charge in [0.1, 0.15) is 5.75 Å². The Labute approximate surface area is 189 Å². The van der Waals surface area contributed by atoms with Crippen LogP contribution in [0.15, 0.2) is 54.6 Å². The second-order valence-electron chi connectivity index (χ2n) is 7.19. The number of amides is 1. The standard InChI is InChI=1S/C21H22N2O9S/c24-20(22-10-12-30-13-11-22)19(15-33(28,29)14-16-4-2-1-3-5-16)32-21(25)31-18-8-6-17(7-9-18)23(26)27/h1-9,19H,10-15H2. The van der Waals surface area contributed by atoms with Crippen LogP contribution in [0.5, 0.6) is 5.75 Å². The molecule has 0 bridgehead atoms. The quantitative estimate of drug-likeness (QED) is 0.241. The van der Waals surface area contributed by atoms with E-state index in [0.717, 1.165) is 12.1 Å². The van der Waals surface area contributed by atoms with E-state index in [0.29, 0.717) is 5.56 Å². The lowest BCUT2D eigenvalue weighted by Gasteiger charge is -2.29. The van der Waals surface area contributed by atoms with E-state index in [9.17, 15) is 28.1 Å². The summed E-state index contributed by atoms with van der Waals surface area (Å²) in [5, 5.41) is 10.7. The molecule has 1 aliphatic rings. The lowest BCUT2D eigenvalue weighted by atomic mass is 10.2. The Bertz CT molecular complexity index is 1080. The van der Waals surface area contributed by atoms with Gasteiger partial charge in [0.25, 0.3) is 11.6 Å². The van der Waals surface area contributed by atoms with E-state index in [-0.39, 0.29) is 43.5 Å². The summed E-state index contributed by atoms with van der Waals surface area (Å²) < 4.78 is 40.8. The van der Waals surface area contributed by atoms with E-state index < -0.39 is 38.7 Å². The number of sulfone groups is 1. The fourth-order valence-electron chi connectivity index (χ4n) is 3.13. The van der Waals surface area contributed by atoms with Gasteiger partial charge in [-0.2, -0.15) is 0 Å². The van der Waals surface area contributed by atoms with Crippen LogP contribution in [0.3, 0.4) is 0 Å². The molecule has 0 saturated carbocycles. The van der Waals surface area contributed by atoms with Crippen LogP contribution in [0, 0.1) is 10.1 Å². The number of morpholine rings is 1. The first kappa shape index (κ1) is 24.1. The zero-order chi connectivity index (χ0) is 23.8. The molecule has 0 aromatic heterocycles.